The van der Waals surface area contributed by atoms with Crippen molar-refractivity contribution in [3.63, 3.8) is 0 Å². The topological polar surface area (TPSA) is 48.7 Å². The summed E-state index contributed by atoms with van der Waals surface area (Å²) in [6, 6.07) is 4.13. The normalized spacial score (nSPS) is 22.9. The van der Waals surface area contributed by atoms with Crippen LogP contribution in [0.5, 0.6) is 0 Å². The molecule has 1 aliphatic carbocycles. The summed E-state index contributed by atoms with van der Waals surface area (Å²) in [5.74, 6) is 0.221. The average Bonchev–Trinajstić information content (AvgIpc) is 3.09. The molecule has 20 heavy (non-hydrogen) atoms. The molecule has 3 heterocycles. The van der Waals surface area contributed by atoms with Crippen LogP contribution in [0.25, 0.3) is 5.65 Å². The van der Waals surface area contributed by atoms with Gasteiger partial charge in [-0.05, 0) is 25.8 Å². The van der Waals surface area contributed by atoms with Gasteiger partial charge in [0.1, 0.15) is 0 Å². The number of aromatic nitrogens is 3. The third-order valence-electron chi connectivity index (χ3n) is 4.54. The van der Waals surface area contributed by atoms with Gasteiger partial charge in [0.05, 0.1) is 19.4 Å². The van der Waals surface area contributed by atoms with Crippen LogP contribution in [0.3, 0.4) is 0 Å². The predicted octanol–water partition coefficient (Wildman–Crippen LogP) is 2.44. The number of fused-ring (bicyclic) bond motifs is 1. The van der Waals surface area contributed by atoms with Crippen LogP contribution < -0.4 is 0 Å². The molecule has 1 saturated carbocycles. The Morgan fingerprint density at radius 3 is 2.75 bits per heavy atom. The molecule has 0 aromatic carbocycles. The standard InChI is InChI=1S/C15H19N3O2/c1-11-10-13(17-14-4-7-16-18(11)14)12-2-5-15(6-3-12)19-8-9-20-15/h4,7,10,12H,2-3,5-6,8-9H2,1H3. The van der Waals surface area contributed by atoms with Gasteiger partial charge in [0.2, 0.25) is 0 Å². The SMILES string of the molecule is Cc1cc(C2CCC3(CC2)OCCO3)nc2ccnn12. The average molecular weight is 273 g/mol. The van der Waals surface area contributed by atoms with E-state index >= 15 is 0 Å². The summed E-state index contributed by atoms with van der Waals surface area (Å²) >= 11 is 0. The monoisotopic (exact) mass is 273 g/mol. The Bertz CT molecular complexity index is 621. The van der Waals surface area contributed by atoms with E-state index in [4.69, 9.17) is 14.5 Å². The summed E-state index contributed by atoms with van der Waals surface area (Å²) in [7, 11) is 0. The van der Waals surface area contributed by atoms with Gasteiger partial charge in [-0.15, -0.1) is 0 Å². The molecule has 0 atom stereocenters. The summed E-state index contributed by atoms with van der Waals surface area (Å²) in [5, 5.41) is 4.28. The lowest BCUT2D eigenvalue weighted by molar-refractivity contribution is -0.178. The molecule has 2 aromatic heterocycles. The maximum Gasteiger partial charge on any atom is 0.168 e. The van der Waals surface area contributed by atoms with Crippen LogP contribution in [-0.4, -0.2) is 33.6 Å². The minimum absolute atomic E-state index is 0.285. The Morgan fingerprint density at radius 2 is 2.00 bits per heavy atom. The second-order valence-electron chi connectivity index (χ2n) is 5.81. The third-order valence-corrected chi connectivity index (χ3v) is 4.54. The van der Waals surface area contributed by atoms with Gasteiger partial charge in [-0.3, -0.25) is 0 Å². The molecule has 1 saturated heterocycles. The van der Waals surface area contributed by atoms with Crippen molar-refractivity contribution in [2.45, 2.75) is 44.3 Å². The van der Waals surface area contributed by atoms with Crippen molar-refractivity contribution < 1.29 is 9.47 Å². The molecule has 5 heteroatoms. The first-order chi connectivity index (χ1) is 9.76. The fraction of sp³-hybridized carbons (Fsp3) is 0.600. The van der Waals surface area contributed by atoms with Crippen molar-refractivity contribution in [3.05, 3.63) is 29.7 Å². The van der Waals surface area contributed by atoms with Gasteiger partial charge in [-0.1, -0.05) is 0 Å². The molecule has 2 fully saturated rings. The third kappa shape index (κ3) is 1.93. The van der Waals surface area contributed by atoms with E-state index in [0.717, 1.165) is 50.2 Å². The maximum absolute atomic E-state index is 5.79. The quantitative estimate of drug-likeness (QED) is 0.800. The first-order valence-corrected chi connectivity index (χ1v) is 7.35. The number of ether oxygens (including phenoxy) is 2. The fourth-order valence-corrected chi connectivity index (χ4v) is 3.44. The van der Waals surface area contributed by atoms with Gasteiger partial charge >= 0.3 is 0 Å². The molecule has 0 radical (unpaired) electrons. The second kappa shape index (κ2) is 4.53. The minimum Gasteiger partial charge on any atom is -0.348 e. The van der Waals surface area contributed by atoms with Gasteiger partial charge < -0.3 is 9.47 Å². The molecule has 0 amide bonds. The molecule has 4 rings (SSSR count). The van der Waals surface area contributed by atoms with E-state index < -0.39 is 0 Å². The smallest absolute Gasteiger partial charge is 0.168 e. The van der Waals surface area contributed by atoms with Gasteiger partial charge in [-0.25, -0.2) is 9.50 Å². The van der Waals surface area contributed by atoms with Crippen LogP contribution in [0, 0.1) is 6.92 Å². The van der Waals surface area contributed by atoms with E-state index in [1.807, 2.05) is 10.6 Å². The van der Waals surface area contributed by atoms with Gasteiger partial charge in [0.15, 0.2) is 11.4 Å². The summed E-state index contributed by atoms with van der Waals surface area (Å²) < 4.78 is 13.5. The molecule has 0 bridgehead atoms. The second-order valence-corrected chi connectivity index (χ2v) is 5.81. The number of hydrogen-bond donors (Lipinski definition) is 0. The van der Waals surface area contributed by atoms with Crippen molar-refractivity contribution >= 4 is 5.65 Å². The Balaban J connectivity index is 1.58. The molecule has 2 aromatic rings. The lowest BCUT2D eigenvalue weighted by Crippen LogP contribution is -2.34. The number of hydrogen-bond acceptors (Lipinski definition) is 4. The Labute approximate surface area is 117 Å². The molecule has 2 aliphatic rings. The minimum atomic E-state index is -0.285. The lowest BCUT2D eigenvalue weighted by Gasteiger charge is -2.35. The van der Waals surface area contributed by atoms with E-state index in [1.165, 1.54) is 5.69 Å². The molecule has 106 valence electrons. The van der Waals surface area contributed by atoms with Crippen molar-refractivity contribution in [2.24, 2.45) is 0 Å². The van der Waals surface area contributed by atoms with Gasteiger partial charge in [-0.2, -0.15) is 5.10 Å². The van der Waals surface area contributed by atoms with Crippen molar-refractivity contribution in [3.8, 4) is 0 Å². The van der Waals surface area contributed by atoms with Gasteiger partial charge in [0.25, 0.3) is 0 Å². The molecular formula is C15H19N3O2. The molecule has 1 aliphatic heterocycles. The number of rotatable bonds is 1. The van der Waals surface area contributed by atoms with Crippen LogP contribution in [0.15, 0.2) is 18.3 Å². The maximum atomic E-state index is 5.79. The highest BCUT2D eigenvalue weighted by atomic mass is 16.7. The summed E-state index contributed by atoms with van der Waals surface area (Å²) in [6.07, 6.45) is 5.91. The Hall–Kier alpha value is -1.46. The van der Waals surface area contributed by atoms with Crippen LogP contribution in [0.4, 0.5) is 0 Å². The predicted molar refractivity (Wildman–Crippen MR) is 73.6 cm³/mol. The molecule has 0 unspecified atom stereocenters. The van der Waals surface area contributed by atoms with E-state index in [-0.39, 0.29) is 5.79 Å². The van der Waals surface area contributed by atoms with Crippen LogP contribution in [-0.2, 0) is 9.47 Å². The molecular weight excluding hydrogens is 254 g/mol. The van der Waals surface area contributed by atoms with Crippen molar-refractivity contribution in [1.82, 2.24) is 14.6 Å². The first kappa shape index (κ1) is 12.3. The van der Waals surface area contributed by atoms with E-state index in [1.54, 1.807) is 6.20 Å². The van der Waals surface area contributed by atoms with E-state index in [2.05, 4.69) is 18.1 Å². The van der Waals surface area contributed by atoms with Crippen LogP contribution in [0.2, 0.25) is 0 Å². The zero-order valence-corrected chi connectivity index (χ0v) is 11.7. The largest absolute Gasteiger partial charge is 0.348 e. The highest BCUT2D eigenvalue weighted by molar-refractivity contribution is 5.39. The summed E-state index contributed by atoms with van der Waals surface area (Å²) in [5.41, 5.74) is 3.26. The van der Waals surface area contributed by atoms with Crippen LogP contribution in [0.1, 0.15) is 43.0 Å². The van der Waals surface area contributed by atoms with Crippen LogP contribution >= 0.6 is 0 Å². The van der Waals surface area contributed by atoms with E-state index in [9.17, 15) is 0 Å². The first-order valence-electron chi connectivity index (χ1n) is 7.35. The molecule has 5 nitrogen and oxygen atoms in total. The Kier molecular flexibility index (Phi) is 2.79. The summed E-state index contributed by atoms with van der Waals surface area (Å²) in [4.78, 5) is 4.75. The number of aryl methyl sites for hydroxylation is 1. The lowest BCUT2D eigenvalue weighted by atomic mass is 9.83. The zero-order valence-electron chi connectivity index (χ0n) is 11.7. The number of nitrogens with zero attached hydrogens (tertiary/aromatic N) is 3. The van der Waals surface area contributed by atoms with Gasteiger partial charge in [0, 0.05) is 36.2 Å². The van der Waals surface area contributed by atoms with Crippen molar-refractivity contribution in [1.29, 1.82) is 0 Å². The summed E-state index contributed by atoms with van der Waals surface area (Å²) in [6.45, 7) is 3.56. The highest BCUT2D eigenvalue weighted by Gasteiger charge is 2.40. The van der Waals surface area contributed by atoms with E-state index in [0.29, 0.717) is 5.92 Å². The zero-order chi connectivity index (χ0) is 13.6. The fourth-order valence-electron chi connectivity index (χ4n) is 3.44. The van der Waals surface area contributed by atoms with Crippen molar-refractivity contribution in [2.75, 3.05) is 13.2 Å². The highest BCUT2D eigenvalue weighted by Crippen LogP contribution is 2.41. The molecule has 1 spiro atoms. The molecule has 0 N–H and O–H groups in total. The Morgan fingerprint density at radius 1 is 1.25 bits per heavy atom.